The maximum Gasteiger partial charge on any atom is 0.410 e. The highest BCUT2D eigenvalue weighted by Gasteiger charge is 2.34. The van der Waals surface area contributed by atoms with E-state index in [4.69, 9.17) is 9.94 Å². The maximum atomic E-state index is 12.2. The summed E-state index contributed by atoms with van der Waals surface area (Å²) in [4.78, 5) is 14.1. The van der Waals surface area contributed by atoms with Gasteiger partial charge in [-0.3, -0.25) is 0 Å². The van der Waals surface area contributed by atoms with E-state index in [1.54, 1.807) is 4.90 Å². The number of amides is 1. The van der Waals surface area contributed by atoms with Crippen molar-refractivity contribution in [2.75, 3.05) is 19.6 Å². The molecule has 1 fully saturated rings. The van der Waals surface area contributed by atoms with Gasteiger partial charge in [-0.15, -0.1) is 5.01 Å². The SMILES string of the molecule is CC(C)(C)OC(=O)N1CCCC(CN([N+]([O-])=NO)C(C)(C)C)C1. The van der Waals surface area contributed by atoms with Crippen molar-refractivity contribution >= 4 is 6.09 Å². The van der Waals surface area contributed by atoms with Crippen LogP contribution in [0.4, 0.5) is 4.79 Å². The minimum Gasteiger partial charge on any atom is -0.569 e. The normalized spacial score (nSPS) is 20.3. The molecule has 1 saturated heterocycles. The monoisotopic (exact) mass is 330 g/mol. The summed E-state index contributed by atoms with van der Waals surface area (Å²) in [6, 6.07) is 0. The average Bonchev–Trinajstić information content (AvgIpc) is 2.41. The predicted molar refractivity (Wildman–Crippen MR) is 84.8 cm³/mol. The van der Waals surface area contributed by atoms with E-state index in [9.17, 15) is 10.0 Å². The Bertz CT molecular complexity index is 440. The highest BCUT2D eigenvalue weighted by atomic mass is 16.6. The molecular weight excluding hydrogens is 300 g/mol. The van der Waals surface area contributed by atoms with Crippen LogP contribution in [0.2, 0.25) is 0 Å². The van der Waals surface area contributed by atoms with Gasteiger partial charge in [0.15, 0.2) is 0 Å². The van der Waals surface area contributed by atoms with E-state index in [-0.39, 0.29) is 17.0 Å². The zero-order chi connectivity index (χ0) is 17.8. The minimum atomic E-state index is -0.525. The lowest BCUT2D eigenvalue weighted by molar-refractivity contribution is -0.725. The van der Waals surface area contributed by atoms with Gasteiger partial charge in [-0.1, -0.05) is 0 Å². The Kier molecular flexibility index (Phi) is 6.07. The van der Waals surface area contributed by atoms with Crippen molar-refractivity contribution in [2.45, 2.75) is 65.5 Å². The van der Waals surface area contributed by atoms with Crippen molar-refractivity contribution in [1.82, 2.24) is 9.91 Å². The lowest BCUT2D eigenvalue weighted by Gasteiger charge is -2.37. The predicted octanol–water partition coefficient (Wildman–Crippen LogP) is 3.00. The molecule has 0 bridgehead atoms. The number of hydrazine groups is 1. The largest absolute Gasteiger partial charge is 0.569 e. The summed E-state index contributed by atoms with van der Waals surface area (Å²) in [5.74, 6) is 0.119. The van der Waals surface area contributed by atoms with Gasteiger partial charge in [0.25, 0.3) is 0 Å². The van der Waals surface area contributed by atoms with Gasteiger partial charge in [-0.25, -0.2) is 4.79 Å². The molecule has 1 N–H and O–H groups in total. The summed E-state index contributed by atoms with van der Waals surface area (Å²) >= 11 is 0. The Balaban J connectivity index is 2.72. The maximum absolute atomic E-state index is 12.2. The van der Waals surface area contributed by atoms with Crippen molar-refractivity contribution in [2.24, 2.45) is 11.2 Å². The second-order valence-electron chi connectivity index (χ2n) is 8.03. The smallest absolute Gasteiger partial charge is 0.410 e. The Morgan fingerprint density at radius 3 is 2.48 bits per heavy atom. The number of rotatable bonds is 3. The first-order valence-electron chi connectivity index (χ1n) is 8.02. The second-order valence-corrected chi connectivity index (χ2v) is 8.03. The summed E-state index contributed by atoms with van der Waals surface area (Å²) in [7, 11) is 0. The average molecular weight is 330 g/mol. The van der Waals surface area contributed by atoms with Crippen molar-refractivity contribution in [3.63, 3.8) is 0 Å². The molecule has 1 aliphatic heterocycles. The van der Waals surface area contributed by atoms with Crippen LogP contribution in [-0.4, -0.2) is 57.0 Å². The standard InChI is InChI=1S/C15H30N4O4/c1-14(2,3)18(19(22)16-21)11-12-8-7-9-17(10-12)13(20)23-15(4,5)6/h12,21H,7-11H2,1-6H3. The molecule has 8 heteroatoms. The lowest BCUT2D eigenvalue weighted by Crippen LogP contribution is -2.51. The molecule has 0 aromatic rings. The van der Waals surface area contributed by atoms with Crippen LogP contribution in [0.25, 0.3) is 0 Å². The molecule has 1 amide bonds. The van der Waals surface area contributed by atoms with Crippen LogP contribution in [0.15, 0.2) is 5.28 Å². The molecule has 1 atom stereocenters. The van der Waals surface area contributed by atoms with Gasteiger partial charge in [0.2, 0.25) is 5.28 Å². The highest BCUT2D eigenvalue weighted by Crippen LogP contribution is 2.23. The van der Waals surface area contributed by atoms with Crippen LogP contribution in [0.1, 0.15) is 54.4 Å². The number of hydrogen-bond donors (Lipinski definition) is 1. The van der Waals surface area contributed by atoms with E-state index in [0.29, 0.717) is 19.6 Å². The number of nitrogens with zero attached hydrogens (tertiary/aromatic N) is 4. The van der Waals surface area contributed by atoms with Gasteiger partial charge >= 0.3 is 6.09 Å². The van der Waals surface area contributed by atoms with Crippen molar-refractivity contribution in [1.29, 1.82) is 0 Å². The number of carbonyl (C=O) groups is 1. The molecule has 1 aliphatic rings. The molecule has 0 spiro atoms. The summed E-state index contributed by atoms with van der Waals surface area (Å²) in [5, 5.41) is 24.7. The summed E-state index contributed by atoms with van der Waals surface area (Å²) in [5.41, 5.74) is -1.01. The summed E-state index contributed by atoms with van der Waals surface area (Å²) < 4.78 is 5.41. The number of carbonyl (C=O) groups excluding carboxylic acids is 1. The van der Waals surface area contributed by atoms with Crippen LogP contribution >= 0.6 is 0 Å². The van der Waals surface area contributed by atoms with E-state index < -0.39 is 11.1 Å². The van der Waals surface area contributed by atoms with Crippen LogP contribution in [0.5, 0.6) is 0 Å². The highest BCUT2D eigenvalue weighted by molar-refractivity contribution is 5.68. The van der Waals surface area contributed by atoms with Crippen LogP contribution in [-0.2, 0) is 4.74 Å². The summed E-state index contributed by atoms with van der Waals surface area (Å²) in [6.07, 6.45) is 1.44. The molecule has 0 aromatic heterocycles. The number of ether oxygens (including phenoxy) is 1. The molecule has 0 aliphatic carbocycles. The molecule has 1 unspecified atom stereocenters. The number of hydrogen-bond acceptors (Lipinski definition) is 4. The minimum absolute atomic E-state index is 0.119. The first-order valence-corrected chi connectivity index (χ1v) is 8.02. The van der Waals surface area contributed by atoms with Crippen molar-refractivity contribution < 1.29 is 19.7 Å². The molecule has 1 heterocycles. The van der Waals surface area contributed by atoms with Gasteiger partial charge < -0.3 is 20.1 Å². The van der Waals surface area contributed by atoms with E-state index in [2.05, 4.69) is 5.28 Å². The van der Waals surface area contributed by atoms with Crippen LogP contribution < -0.4 is 0 Å². The topological polar surface area (TPSA) is 91.4 Å². The molecule has 1 rings (SSSR count). The zero-order valence-corrected chi connectivity index (χ0v) is 15.1. The quantitative estimate of drug-likeness (QED) is 0.488. The molecule has 8 nitrogen and oxygen atoms in total. The third-order valence-corrected chi connectivity index (χ3v) is 3.66. The van der Waals surface area contributed by atoms with Crippen LogP contribution in [0, 0.1) is 11.1 Å². The van der Waals surface area contributed by atoms with Gasteiger partial charge in [-0.05, 0) is 60.3 Å². The first-order chi connectivity index (χ1) is 10.4. The Morgan fingerprint density at radius 1 is 1.39 bits per heavy atom. The van der Waals surface area contributed by atoms with Gasteiger partial charge in [0, 0.05) is 13.1 Å². The molecular formula is C15H30N4O4. The number of piperidine rings is 1. The van der Waals surface area contributed by atoms with Crippen molar-refractivity contribution in [3.8, 4) is 0 Å². The molecule has 134 valence electrons. The fraction of sp³-hybridized carbons (Fsp3) is 0.933. The van der Waals surface area contributed by atoms with E-state index in [0.717, 1.165) is 12.8 Å². The molecule has 0 radical (unpaired) electrons. The Labute approximate surface area is 138 Å². The molecule has 0 saturated carbocycles. The lowest BCUT2D eigenvalue weighted by atomic mass is 9.96. The van der Waals surface area contributed by atoms with Gasteiger partial charge in [0.1, 0.15) is 5.60 Å². The fourth-order valence-corrected chi connectivity index (χ4v) is 2.60. The Hall–Kier alpha value is -1.73. The number of likely N-dealkylation sites (tertiary alicyclic amines) is 1. The zero-order valence-electron chi connectivity index (χ0n) is 15.1. The molecule has 0 aromatic carbocycles. The summed E-state index contributed by atoms with van der Waals surface area (Å²) in [6.45, 7) is 12.7. The van der Waals surface area contributed by atoms with Crippen LogP contribution in [0.3, 0.4) is 0 Å². The Morgan fingerprint density at radius 2 is 2.00 bits per heavy atom. The third-order valence-electron chi connectivity index (χ3n) is 3.66. The van der Waals surface area contributed by atoms with Gasteiger partial charge in [-0.2, -0.15) is 0 Å². The van der Waals surface area contributed by atoms with Crippen molar-refractivity contribution in [3.05, 3.63) is 5.21 Å². The van der Waals surface area contributed by atoms with E-state index in [1.165, 1.54) is 5.01 Å². The third kappa shape index (κ3) is 6.11. The molecule has 23 heavy (non-hydrogen) atoms. The first kappa shape index (κ1) is 19.3. The van der Waals surface area contributed by atoms with E-state index >= 15 is 0 Å². The van der Waals surface area contributed by atoms with E-state index in [1.807, 2.05) is 41.5 Å². The van der Waals surface area contributed by atoms with Gasteiger partial charge in [0.05, 0.1) is 17.1 Å². The fourth-order valence-electron chi connectivity index (χ4n) is 2.60. The second kappa shape index (κ2) is 7.23.